The molecule has 0 amide bonds. The Morgan fingerprint density at radius 3 is 2.53 bits per heavy atom. The normalized spacial score (nSPS) is 10.2. The highest BCUT2D eigenvalue weighted by molar-refractivity contribution is 9.10. The van der Waals surface area contributed by atoms with Crippen LogP contribution in [0.25, 0.3) is 11.1 Å². The van der Waals surface area contributed by atoms with Crippen LogP contribution in [0.4, 0.5) is 4.39 Å². The SMILES string of the molecule is O=C(O)c1cc(-c2ccccc2Br)ccc1F. The van der Waals surface area contributed by atoms with Crippen LogP contribution in [0.3, 0.4) is 0 Å². The number of hydrogen-bond donors (Lipinski definition) is 1. The molecule has 0 aliphatic heterocycles. The van der Waals surface area contributed by atoms with Gasteiger partial charge in [0.1, 0.15) is 5.82 Å². The molecule has 0 fully saturated rings. The molecule has 4 heteroatoms. The predicted octanol–water partition coefficient (Wildman–Crippen LogP) is 3.95. The van der Waals surface area contributed by atoms with Crippen molar-refractivity contribution in [3.05, 3.63) is 58.3 Å². The molecular weight excluding hydrogens is 287 g/mol. The van der Waals surface area contributed by atoms with Crippen molar-refractivity contribution in [1.82, 2.24) is 0 Å². The molecule has 1 N–H and O–H groups in total. The number of rotatable bonds is 2. The lowest BCUT2D eigenvalue weighted by molar-refractivity contribution is 0.0692. The van der Waals surface area contributed by atoms with E-state index in [0.29, 0.717) is 5.56 Å². The lowest BCUT2D eigenvalue weighted by atomic mass is 10.0. The summed E-state index contributed by atoms with van der Waals surface area (Å²) in [5.41, 5.74) is 1.17. The van der Waals surface area contributed by atoms with Crippen molar-refractivity contribution >= 4 is 21.9 Å². The van der Waals surface area contributed by atoms with Crippen molar-refractivity contribution in [3.63, 3.8) is 0 Å². The minimum Gasteiger partial charge on any atom is -0.478 e. The summed E-state index contributed by atoms with van der Waals surface area (Å²) in [6.07, 6.45) is 0. The summed E-state index contributed by atoms with van der Waals surface area (Å²) in [5.74, 6) is -2.00. The first-order chi connectivity index (χ1) is 8.09. The molecule has 0 unspecified atom stereocenters. The fraction of sp³-hybridized carbons (Fsp3) is 0. The molecule has 2 aromatic carbocycles. The molecule has 2 aromatic rings. The van der Waals surface area contributed by atoms with Crippen molar-refractivity contribution in [2.45, 2.75) is 0 Å². The first kappa shape index (κ1) is 11.8. The molecule has 0 saturated heterocycles. The van der Waals surface area contributed by atoms with Gasteiger partial charge >= 0.3 is 5.97 Å². The molecule has 0 atom stereocenters. The van der Waals surface area contributed by atoms with Gasteiger partial charge in [-0.3, -0.25) is 0 Å². The van der Waals surface area contributed by atoms with Gasteiger partial charge in [-0.05, 0) is 29.3 Å². The minimum absolute atomic E-state index is 0.321. The molecule has 2 rings (SSSR count). The van der Waals surface area contributed by atoms with E-state index in [9.17, 15) is 9.18 Å². The topological polar surface area (TPSA) is 37.3 Å². The molecule has 0 spiro atoms. The molecule has 0 bridgehead atoms. The minimum atomic E-state index is -1.27. The van der Waals surface area contributed by atoms with Crippen LogP contribution in [0.1, 0.15) is 10.4 Å². The van der Waals surface area contributed by atoms with Crippen molar-refractivity contribution in [2.24, 2.45) is 0 Å². The third-order valence-corrected chi connectivity index (χ3v) is 3.07. The van der Waals surface area contributed by atoms with Gasteiger partial charge in [-0.15, -0.1) is 0 Å². The van der Waals surface area contributed by atoms with Crippen LogP contribution in [0.15, 0.2) is 46.9 Å². The van der Waals surface area contributed by atoms with Crippen LogP contribution >= 0.6 is 15.9 Å². The maximum atomic E-state index is 13.2. The second-order valence-corrected chi connectivity index (χ2v) is 4.33. The Kier molecular flexibility index (Phi) is 3.24. The molecule has 2 nitrogen and oxygen atoms in total. The summed E-state index contributed by atoms with van der Waals surface area (Å²) in [5, 5.41) is 8.85. The Hall–Kier alpha value is -1.68. The van der Waals surface area contributed by atoms with E-state index < -0.39 is 11.8 Å². The van der Waals surface area contributed by atoms with E-state index in [2.05, 4.69) is 15.9 Å². The summed E-state index contributed by atoms with van der Waals surface area (Å²) >= 11 is 3.37. The number of carbonyl (C=O) groups is 1. The fourth-order valence-corrected chi connectivity index (χ4v) is 2.07. The average molecular weight is 295 g/mol. The Labute approximate surface area is 106 Å². The van der Waals surface area contributed by atoms with Gasteiger partial charge in [-0.25, -0.2) is 9.18 Å². The maximum Gasteiger partial charge on any atom is 0.338 e. The first-order valence-electron chi connectivity index (χ1n) is 4.87. The Bertz CT molecular complexity index is 581. The molecule has 0 aliphatic rings. The summed E-state index contributed by atoms with van der Waals surface area (Å²) < 4.78 is 14.1. The van der Waals surface area contributed by atoms with Gasteiger partial charge in [0.05, 0.1) is 5.56 Å². The van der Waals surface area contributed by atoms with Crippen molar-refractivity contribution in [2.75, 3.05) is 0 Å². The third kappa shape index (κ3) is 2.36. The van der Waals surface area contributed by atoms with Crippen LogP contribution in [0.5, 0.6) is 0 Å². The molecule has 0 aromatic heterocycles. The second kappa shape index (κ2) is 4.67. The monoisotopic (exact) mass is 294 g/mol. The van der Waals surface area contributed by atoms with Crippen LogP contribution in [0.2, 0.25) is 0 Å². The molecular formula is C13H8BrFO2. The van der Waals surface area contributed by atoms with Gasteiger partial charge in [0.15, 0.2) is 0 Å². The zero-order valence-corrected chi connectivity index (χ0v) is 10.2. The quantitative estimate of drug-likeness (QED) is 0.910. The number of benzene rings is 2. The largest absolute Gasteiger partial charge is 0.478 e. The van der Waals surface area contributed by atoms with Crippen LogP contribution in [-0.2, 0) is 0 Å². The standard InChI is InChI=1S/C13H8BrFO2/c14-11-4-2-1-3-9(11)8-5-6-12(15)10(7-8)13(16)17/h1-7H,(H,16,17). The fourth-order valence-electron chi connectivity index (χ4n) is 1.55. The van der Waals surface area contributed by atoms with Crippen LogP contribution in [-0.4, -0.2) is 11.1 Å². The van der Waals surface area contributed by atoms with Crippen molar-refractivity contribution in [3.8, 4) is 11.1 Å². The van der Waals surface area contributed by atoms with Gasteiger partial charge in [0, 0.05) is 4.47 Å². The van der Waals surface area contributed by atoms with E-state index in [1.54, 1.807) is 6.07 Å². The number of hydrogen-bond acceptors (Lipinski definition) is 1. The molecule has 0 aliphatic carbocycles. The Morgan fingerprint density at radius 2 is 1.88 bits per heavy atom. The van der Waals surface area contributed by atoms with Gasteiger partial charge in [-0.1, -0.05) is 40.2 Å². The predicted molar refractivity (Wildman–Crippen MR) is 66.5 cm³/mol. The zero-order valence-electron chi connectivity index (χ0n) is 8.65. The second-order valence-electron chi connectivity index (χ2n) is 3.48. The number of aromatic carboxylic acids is 1. The molecule has 0 radical (unpaired) electrons. The van der Waals surface area contributed by atoms with Crippen molar-refractivity contribution < 1.29 is 14.3 Å². The van der Waals surface area contributed by atoms with Crippen LogP contribution < -0.4 is 0 Å². The summed E-state index contributed by atoms with van der Waals surface area (Å²) in [6.45, 7) is 0. The Balaban J connectivity index is 2.58. The highest BCUT2D eigenvalue weighted by atomic mass is 79.9. The van der Waals surface area contributed by atoms with Gasteiger partial charge in [0.25, 0.3) is 0 Å². The average Bonchev–Trinajstić information content (AvgIpc) is 2.30. The lowest BCUT2D eigenvalue weighted by Crippen LogP contribution is -2.00. The molecule has 0 heterocycles. The number of halogens is 2. The van der Waals surface area contributed by atoms with E-state index in [-0.39, 0.29) is 5.56 Å². The smallest absolute Gasteiger partial charge is 0.338 e. The van der Waals surface area contributed by atoms with E-state index in [0.717, 1.165) is 16.1 Å². The highest BCUT2D eigenvalue weighted by Gasteiger charge is 2.12. The first-order valence-corrected chi connectivity index (χ1v) is 5.66. The van der Waals surface area contributed by atoms with E-state index in [4.69, 9.17) is 5.11 Å². The highest BCUT2D eigenvalue weighted by Crippen LogP contribution is 2.29. The lowest BCUT2D eigenvalue weighted by Gasteiger charge is -2.06. The van der Waals surface area contributed by atoms with Gasteiger partial charge in [0.2, 0.25) is 0 Å². The van der Waals surface area contributed by atoms with Crippen molar-refractivity contribution in [1.29, 1.82) is 0 Å². The van der Waals surface area contributed by atoms with Gasteiger partial charge < -0.3 is 5.11 Å². The zero-order chi connectivity index (χ0) is 12.4. The van der Waals surface area contributed by atoms with Gasteiger partial charge in [-0.2, -0.15) is 0 Å². The molecule has 17 heavy (non-hydrogen) atoms. The van der Waals surface area contributed by atoms with Crippen LogP contribution in [0, 0.1) is 5.82 Å². The number of carboxylic acids is 1. The van der Waals surface area contributed by atoms with E-state index in [1.807, 2.05) is 24.3 Å². The maximum absolute atomic E-state index is 13.2. The number of carboxylic acid groups (broad SMARTS) is 1. The summed E-state index contributed by atoms with van der Waals surface area (Å²) in [4.78, 5) is 10.8. The summed E-state index contributed by atoms with van der Waals surface area (Å²) in [6, 6.07) is 11.4. The van der Waals surface area contributed by atoms with E-state index in [1.165, 1.54) is 6.07 Å². The summed E-state index contributed by atoms with van der Waals surface area (Å²) in [7, 11) is 0. The third-order valence-electron chi connectivity index (χ3n) is 2.38. The Morgan fingerprint density at radius 1 is 1.18 bits per heavy atom. The molecule has 0 saturated carbocycles. The van der Waals surface area contributed by atoms with E-state index >= 15 is 0 Å². The molecule has 86 valence electrons.